The molecule has 1 fully saturated rings. The van der Waals surface area contributed by atoms with E-state index in [4.69, 9.17) is 0 Å². The molecule has 0 saturated carbocycles. The van der Waals surface area contributed by atoms with E-state index in [1.807, 2.05) is 0 Å². The van der Waals surface area contributed by atoms with E-state index >= 15 is 0 Å². The maximum atomic E-state index is 12.9. The fourth-order valence-corrected chi connectivity index (χ4v) is 4.58. The molecule has 0 spiro atoms. The van der Waals surface area contributed by atoms with Gasteiger partial charge in [-0.05, 0) is 31.0 Å². The number of anilines is 2. The summed E-state index contributed by atoms with van der Waals surface area (Å²) in [5, 5.41) is 6.05. The lowest BCUT2D eigenvalue weighted by atomic mass is 10.2. The number of carbonyl (C=O) groups excluding carboxylic acids is 2. The van der Waals surface area contributed by atoms with E-state index < -0.39 is 41.2 Å². The fraction of sp³-hybridized carbons (Fsp3) is 0.556. The number of hydrogen-bond acceptors (Lipinski definition) is 6. The molecule has 3 amide bonds. The average Bonchev–Trinajstić information content (AvgIpc) is 2.70. The Labute approximate surface area is 179 Å². The zero-order valence-corrected chi connectivity index (χ0v) is 18.1. The van der Waals surface area contributed by atoms with Crippen molar-refractivity contribution in [2.24, 2.45) is 0 Å². The molecule has 31 heavy (non-hydrogen) atoms. The van der Waals surface area contributed by atoms with Crippen molar-refractivity contribution in [2.75, 3.05) is 50.5 Å². The van der Waals surface area contributed by atoms with Gasteiger partial charge in [-0.3, -0.25) is 10.1 Å². The van der Waals surface area contributed by atoms with Crippen molar-refractivity contribution < 1.29 is 31.2 Å². The van der Waals surface area contributed by atoms with Gasteiger partial charge in [-0.15, -0.1) is 0 Å². The van der Waals surface area contributed by atoms with Gasteiger partial charge in [0.1, 0.15) is 6.54 Å². The van der Waals surface area contributed by atoms with Crippen LogP contribution in [0, 0.1) is 0 Å². The van der Waals surface area contributed by atoms with Crippen LogP contribution in [0.5, 0.6) is 0 Å². The molecule has 1 aliphatic heterocycles. The summed E-state index contributed by atoms with van der Waals surface area (Å²) < 4.78 is 63.6. The lowest BCUT2D eigenvalue weighted by Crippen LogP contribution is -2.45. The first-order chi connectivity index (χ1) is 14.4. The first kappa shape index (κ1) is 24.7. The smallest absolute Gasteiger partial charge is 0.376 e. The summed E-state index contributed by atoms with van der Waals surface area (Å²) in [5.41, 5.74) is 0.917. The van der Waals surface area contributed by atoms with Gasteiger partial charge >= 0.3 is 12.2 Å². The van der Waals surface area contributed by atoms with Gasteiger partial charge in [-0.2, -0.15) is 17.5 Å². The maximum absolute atomic E-state index is 12.9. The number of urea groups is 1. The number of hydrogen-bond donors (Lipinski definition) is 3. The quantitative estimate of drug-likeness (QED) is 0.566. The van der Waals surface area contributed by atoms with Gasteiger partial charge in [0.15, 0.2) is 0 Å². The second kappa shape index (κ2) is 10.2. The van der Waals surface area contributed by atoms with E-state index in [-0.39, 0.29) is 4.90 Å². The Hall–Kier alpha value is -2.54. The fourth-order valence-electron chi connectivity index (χ4n) is 3.03. The lowest BCUT2D eigenvalue weighted by molar-refractivity contribution is -0.124. The SMILES string of the molecule is CN(C)c1ccc(S(=O)(=O)N2CCCCC2)cc1NCC(=O)NC(=O)NCC(F)(F)F. The van der Waals surface area contributed by atoms with E-state index in [0.717, 1.165) is 19.3 Å². The van der Waals surface area contributed by atoms with Crippen molar-refractivity contribution in [1.29, 1.82) is 0 Å². The molecule has 1 aromatic rings. The summed E-state index contributed by atoms with van der Waals surface area (Å²) in [7, 11) is -0.250. The summed E-state index contributed by atoms with van der Waals surface area (Å²) in [4.78, 5) is 25.1. The number of benzene rings is 1. The van der Waals surface area contributed by atoms with Crippen LogP contribution in [0.25, 0.3) is 0 Å². The number of alkyl halides is 3. The minimum Gasteiger partial charge on any atom is -0.376 e. The molecule has 0 unspecified atom stereocenters. The van der Waals surface area contributed by atoms with Gasteiger partial charge in [0.25, 0.3) is 0 Å². The van der Waals surface area contributed by atoms with Crippen LogP contribution in [0.2, 0.25) is 0 Å². The van der Waals surface area contributed by atoms with E-state index in [2.05, 4.69) is 5.32 Å². The molecule has 3 N–H and O–H groups in total. The van der Waals surface area contributed by atoms with Crippen LogP contribution in [0.3, 0.4) is 0 Å². The Morgan fingerprint density at radius 3 is 2.35 bits per heavy atom. The third-order valence-electron chi connectivity index (χ3n) is 4.54. The van der Waals surface area contributed by atoms with Crippen molar-refractivity contribution in [3.63, 3.8) is 0 Å². The second-order valence-electron chi connectivity index (χ2n) is 7.24. The van der Waals surface area contributed by atoms with Crippen molar-refractivity contribution >= 4 is 33.3 Å². The summed E-state index contributed by atoms with van der Waals surface area (Å²) in [6, 6.07) is 3.19. The number of rotatable bonds is 7. The molecule has 9 nitrogen and oxygen atoms in total. The Morgan fingerprint density at radius 2 is 1.77 bits per heavy atom. The van der Waals surface area contributed by atoms with Crippen molar-refractivity contribution in [3.8, 4) is 0 Å². The number of nitrogens with one attached hydrogen (secondary N) is 3. The third kappa shape index (κ3) is 7.28. The van der Waals surface area contributed by atoms with Crippen LogP contribution in [-0.2, 0) is 14.8 Å². The Bertz CT molecular complexity index is 900. The van der Waals surface area contributed by atoms with Crippen LogP contribution in [0.15, 0.2) is 23.1 Å². The van der Waals surface area contributed by atoms with E-state index in [1.165, 1.54) is 21.8 Å². The summed E-state index contributed by atoms with van der Waals surface area (Å²) in [6.45, 7) is -1.14. The molecule has 2 rings (SSSR count). The highest BCUT2D eigenvalue weighted by molar-refractivity contribution is 7.89. The Morgan fingerprint density at radius 1 is 1.13 bits per heavy atom. The summed E-state index contributed by atoms with van der Waals surface area (Å²) in [6.07, 6.45) is -2.04. The second-order valence-corrected chi connectivity index (χ2v) is 9.18. The van der Waals surface area contributed by atoms with Crippen molar-refractivity contribution in [3.05, 3.63) is 18.2 Å². The minimum absolute atomic E-state index is 0.0610. The minimum atomic E-state index is -4.60. The molecule has 0 aliphatic carbocycles. The number of carbonyl (C=O) groups is 2. The van der Waals surface area contributed by atoms with Crippen molar-refractivity contribution in [1.82, 2.24) is 14.9 Å². The van der Waals surface area contributed by atoms with Gasteiger partial charge in [0.2, 0.25) is 15.9 Å². The molecular formula is C18H26F3N5O4S. The van der Waals surface area contributed by atoms with Crippen LogP contribution < -0.4 is 20.9 Å². The van der Waals surface area contributed by atoms with Gasteiger partial charge < -0.3 is 15.5 Å². The predicted molar refractivity (Wildman–Crippen MR) is 109 cm³/mol. The first-order valence-corrected chi connectivity index (χ1v) is 11.0. The van der Waals surface area contributed by atoms with Gasteiger partial charge in [-0.1, -0.05) is 6.42 Å². The molecule has 174 valence electrons. The van der Waals surface area contributed by atoms with E-state index in [0.29, 0.717) is 24.5 Å². The van der Waals surface area contributed by atoms with Gasteiger partial charge in [0.05, 0.1) is 22.8 Å². The average molecular weight is 465 g/mol. The predicted octanol–water partition coefficient (Wildman–Crippen LogP) is 1.73. The largest absolute Gasteiger partial charge is 0.405 e. The number of amides is 3. The first-order valence-electron chi connectivity index (χ1n) is 9.60. The lowest BCUT2D eigenvalue weighted by Gasteiger charge is -2.27. The standard InChI is InChI=1S/C18H26F3N5O4S/c1-25(2)15-7-6-13(31(29,30)26-8-4-3-5-9-26)10-14(15)22-11-16(27)24-17(28)23-12-18(19,20)21/h6-7,10,22H,3-5,8-9,11-12H2,1-2H3,(H2,23,24,27,28). The number of halogens is 3. The van der Waals surface area contributed by atoms with Crippen LogP contribution in [0.1, 0.15) is 19.3 Å². The number of sulfonamides is 1. The molecule has 0 atom stereocenters. The highest BCUT2D eigenvalue weighted by atomic mass is 32.2. The zero-order valence-electron chi connectivity index (χ0n) is 17.3. The summed E-state index contributed by atoms with van der Waals surface area (Å²) in [5.74, 6) is -0.881. The van der Waals surface area contributed by atoms with E-state index in [9.17, 15) is 31.2 Å². The van der Waals surface area contributed by atoms with E-state index in [1.54, 1.807) is 30.4 Å². The van der Waals surface area contributed by atoms with Gasteiger partial charge in [-0.25, -0.2) is 13.2 Å². The zero-order chi connectivity index (χ0) is 23.2. The van der Waals surface area contributed by atoms with Crippen LogP contribution in [0.4, 0.5) is 29.3 Å². The summed E-state index contributed by atoms with van der Waals surface area (Å²) >= 11 is 0. The molecular weight excluding hydrogens is 439 g/mol. The normalized spacial score (nSPS) is 15.3. The molecule has 0 aromatic heterocycles. The number of imide groups is 1. The van der Waals surface area contributed by atoms with Crippen LogP contribution in [-0.4, -0.2) is 71.1 Å². The molecule has 13 heteroatoms. The Balaban J connectivity index is 2.09. The molecule has 1 saturated heterocycles. The maximum Gasteiger partial charge on any atom is 0.405 e. The molecule has 0 radical (unpaired) electrons. The topological polar surface area (TPSA) is 111 Å². The Kier molecular flexibility index (Phi) is 8.12. The molecule has 0 bridgehead atoms. The third-order valence-corrected chi connectivity index (χ3v) is 6.44. The number of nitrogens with zero attached hydrogens (tertiary/aromatic N) is 2. The highest BCUT2D eigenvalue weighted by Gasteiger charge is 2.28. The highest BCUT2D eigenvalue weighted by Crippen LogP contribution is 2.29. The van der Waals surface area contributed by atoms with Crippen LogP contribution >= 0.6 is 0 Å². The van der Waals surface area contributed by atoms with Gasteiger partial charge in [0, 0.05) is 27.2 Å². The molecule has 1 heterocycles. The molecule has 1 aliphatic rings. The monoisotopic (exact) mass is 465 g/mol. The van der Waals surface area contributed by atoms with Crippen molar-refractivity contribution in [2.45, 2.75) is 30.3 Å². The molecule has 1 aromatic carbocycles. The number of piperidine rings is 1.